The highest BCUT2D eigenvalue weighted by atomic mass is 16.6. The quantitative estimate of drug-likeness (QED) is 0.153. The molecule has 2 atom stereocenters. The Bertz CT molecular complexity index is 742. The van der Waals surface area contributed by atoms with Gasteiger partial charge < -0.3 is 40.3 Å². The van der Waals surface area contributed by atoms with Crippen molar-refractivity contribution in [1.82, 2.24) is 10.2 Å². The largest absolute Gasteiger partial charge is 0.707 e. The fraction of sp³-hybridized carbons (Fsp3) is 0.500. The van der Waals surface area contributed by atoms with Gasteiger partial charge in [-0.2, -0.15) is 0 Å². The molecule has 13 heteroatoms. The minimum atomic E-state index is -2.19. The Morgan fingerprint density at radius 2 is 2.00 bits per heavy atom. The van der Waals surface area contributed by atoms with Gasteiger partial charge in [0.1, 0.15) is 23.2 Å². The first-order chi connectivity index (χ1) is 13.6. The number of carboxylic acid groups (broad SMARTS) is 1. The number of amides is 1. The highest BCUT2D eigenvalue weighted by Crippen LogP contribution is 2.34. The van der Waals surface area contributed by atoms with E-state index in [1.54, 1.807) is 13.0 Å². The molecule has 2 unspecified atom stereocenters. The molecule has 12 nitrogen and oxygen atoms in total. The molecule has 1 heterocycles. The Hall–Kier alpha value is -2.42. The summed E-state index contributed by atoms with van der Waals surface area (Å²) in [7, 11) is -2.19. The second kappa shape index (κ2) is 9.87. The molecule has 29 heavy (non-hydrogen) atoms. The third-order valence-electron chi connectivity index (χ3n) is 4.34. The number of carbonyl (C=O) groups excluding carboxylic acids is 1. The van der Waals surface area contributed by atoms with Gasteiger partial charge in [0.25, 0.3) is 0 Å². The maximum atomic E-state index is 12.2. The number of rotatable bonds is 10. The molecule has 1 fully saturated rings. The lowest BCUT2D eigenvalue weighted by Gasteiger charge is -2.40. The Kier molecular flexibility index (Phi) is 7.78. The Morgan fingerprint density at radius 1 is 1.34 bits per heavy atom. The van der Waals surface area contributed by atoms with Crippen molar-refractivity contribution in [3.63, 3.8) is 0 Å². The van der Waals surface area contributed by atoms with E-state index in [2.05, 4.69) is 5.32 Å². The zero-order valence-electron chi connectivity index (χ0n) is 15.8. The van der Waals surface area contributed by atoms with Crippen LogP contribution in [0, 0.1) is 0 Å². The molecule has 0 radical (unpaired) electrons. The first-order valence-corrected chi connectivity index (χ1v) is 8.94. The van der Waals surface area contributed by atoms with Gasteiger partial charge in [-0.25, -0.2) is 4.79 Å². The van der Waals surface area contributed by atoms with Gasteiger partial charge in [-0.05, 0) is 18.1 Å². The van der Waals surface area contributed by atoms with Gasteiger partial charge in [0.2, 0.25) is 5.91 Å². The number of nitrogens with two attached hydrogens (primary N) is 2. The second-order valence-corrected chi connectivity index (χ2v) is 6.47. The molecular formula is C16H25BN4O8. The molecule has 1 aliphatic rings. The summed E-state index contributed by atoms with van der Waals surface area (Å²) < 4.78 is 10.6. The number of hydrogen-bond acceptors (Lipinski definition) is 10. The molecule has 1 saturated heterocycles. The van der Waals surface area contributed by atoms with Gasteiger partial charge in [-0.3, -0.25) is 15.8 Å². The van der Waals surface area contributed by atoms with Gasteiger partial charge in [0, 0.05) is 6.54 Å². The number of aryl methyl sites for hydroxylation is 1. The van der Waals surface area contributed by atoms with E-state index in [0.29, 0.717) is 12.0 Å². The fourth-order valence-electron chi connectivity index (χ4n) is 2.87. The number of aromatic carboxylic acids is 1. The number of benzene rings is 1. The number of aliphatic hydroxyl groups excluding tert-OH is 1. The van der Waals surface area contributed by atoms with Crippen molar-refractivity contribution in [1.29, 1.82) is 0 Å². The number of nitrogens with zero attached hydrogens (tertiary/aromatic N) is 1. The standard InChI is InChI=1S/C16H25BN4O8/c1-2-8-3-4-11(12(15(23)24)13(8)29-17(26)27)28-9-6-21(7-9)14(22)10(18)5-20-16(19)25/h3-4,9-10,16,20,25-27H,2,5-7,18-19H2,1H3,(H,23,24). The van der Waals surface area contributed by atoms with E-state index < -0.39 is 31.8 Å². The van der Waals surface area contributed by atoms with Crippen LogP contribution in [0.2, 0.25) is 0 Å². The predicted molar refractivity (Wildman–Crippen MR) is 101 cm³/mol. The van der Waals surface area contributed by atoms with Gasteiger partial charge in [-0.1, -0.05) is 13.0 Å². The molecule has 0 spiro atoms. The summed E-state index contributed by atoms with van der Waals surface area (Å²) in [6.45, 7) is 2.12. The highest BCUT2D eigenvalue weighted by Gasteiger charge is 2.36. The summed E-state index contributed by atoms with van der Waals surface area (Å²) in [5.41, 5.74) is 11.0. The zero-order chi connectivity index (χ0) is 21.7. The molecule has 0 aliphatic carbocycles. The molecule has 2 rings (SSSR count). The van der Waals surface area contributed by atoms with Crippen LogP contribution in [0.15, 0.2) is 12.1 Å². The lowest BCUT2D eigenvalue weighted by molar-refractivity contribution is -0.141. The minimum Gasteiger partial charge on any atom is -0.511 e. The first kappa shape index (κ1) is 22.9. The third-order valence-corrected chi connectivity index (χ3v) is 4.34. The summed E-state index contributed by atoms with van der Waals surface area (Å²) in [5.74, 6) is -1.93. The number of hydrogen-bond donors (Lipinski definition) is 7. The van der Waals surface area contributed by atoms with Crippen molar-refractivity contribution in [2.45, 2.75) is 31.8 Å². The number of carboxylic acids is 1. The third kappa shape index (κ3) is 5.79. The Labute approximate surface area is 167 Å². The number of aliphatic hydroxyl groups is 1. The molecule has 9 N–H and O–H groups in total. The van der Waals surface area contributed by atoms with E-state index in [0.717, 1.165) is 0 Å². The van der Waals surface area contributed by atoms with E-state index in [1.165, 1.54) is 11.0 Å². The van der Waals surface area contributed by atoms with Crippen molar-refractivity contribution in [3.8, 4) is 11.5 Å². The van der Waals surface area contributed by atoms with Crippen molar-refractivity contribution >= 4 is 19.2 Å². The second-order valence-electron chi connectivity index (χ2n) is 6.47. The van der Waals surface area contributed by atoms with Crippen LogP contribution in [0.1, 0.15) is 22.8 Å². The molecule has 160 valence electrons. The number of ether oxygens (including phenoxy) is 1. The van der Waals surface area contributed by atoms with Crippen LogP contribution in [-0.4, -0.2) is 82.5 Å². The van der Waals surface area contributed by atoms with E-state index in [-0.39, 0.29) is 42.6 Å². The summed E-state index contributed by atoms with van der Waals surface area (Å²) in [6.07, 6.45) is -1.36. The molecule has 1 amide bonds. The Morgan fingerprint density at radius 3 is 2.52 bits per heavy atom. The maximum Gasteiger partial charge on any atom is 0.707 e. The number of nitrogens with one attached hydrogen (secondary N) is 1. The molecule has 0 aromatic heterocycles. The molecule has 0 saturated carbocycles. The maximum absolute atomic E-state index is 12.2. The van der Waals surface area contributed by atoms with Gasteiger partial charge in [0.15, 0.2) is 6.35 Å². The van der Waals surface area contributed by atoms with Gasteiger partial charge in [-0.15, -0.1) is 0 Å². The fourth-order valence-corrected chi connectivity index (χ4v) is 2.87. The number of carbonyl (C=O) groups is 2. The van der Waals surface area contributed by atoms with Crippen LogP contribution in [0.25, 0.3) is 0 Å². The van der Waals surface area contributed by atoms with Crippen LogP contribution >= 0.6 is 0 Å². The van der Waals surface area contributed by atoms with Gasteiger partial charge >= 0.3 is 13.3 Å². The van der Waals surface area contributed by atoms with E-state index in [9.17, 15) is 14.7 Å². The zero-order valence-corrected chi connectivity index (χ0v) is 15.8. The summed E-state index contributed by atoms with van der Waals surface area (Å²) >= 11 is 0. The topological polar surface area (TPSA) is 201 Å². The van der Waals surface area contributed by atoms with Gasteiger partial charge in [0.05, 0.1) is 19.1 Å². The van der Waals surface area contributed by atoms with Crippen molar-refractivity contribution in [2.24, 2.45) is 11.5 Å². The van der Waals surface area contributed by atoms with E-state index in [4.69, 9.17) is 36.0 Å². The smallest absolute Gasteiger partial charge is 0.511 e. The predicted octanol–water partition coefficient (Wildman–Crippen LogP) is -2.96. The average Bonchev–Trinajstić information content (AvgIpc) is 2.60. The normalized spacial score (nSPS) is 16.0. The molecule has 1 aromatic rings. The summed E-state index contributed by atoms with van der Waals surface area (Å²) in [5, 5.41) is 39.2. The lowest BCUT2D eigenvalue weighted by atomic mass is 10.0. The average molecular weight is 412 g/mol. The van der Waals surface area contributed by atoms with Crippen molar-refractivity contribution in [2.75, 3.05) is 19.6 Å². The van der Waals surface area contributed by atoms with Crippen molar-refractivity contribution in [3.05, 3.63) is 23.3 Å². The van der Waals surface area contributed by atoms with Crippen LogP contribution in [0.3, 0.4) is 0 Å². The number of likely N-dealkylation sites (tertiary alicyclic amines) is 1. The van der Waals surface area contributed by atoms with E-state index in [1.807, 2.05) is 0 Å². The van der Waals surface area contributed by atoms with Crippen LogP contribution in [-0.2, 0) is 11.2 Å². The van der Waals surface area contributed by atoms with Crippen molar-refractivity contribution < 1.29 is 39.2 Å². The SMILES string of the molecule is CCc1ccc(OC2CN(C(=O)C(N)CNC(N)O)C2)c(C(=O)O)c1OB(O)O. The summed E-state index contributed by atoms with van der Waals surface area (Å²) in [4.78, 5) is 25.3. The molecule has 1 aliphatic heterocycles. The van der Waals surface area contributed by atoms with Crippen LogP contribution in [0.4, 0.5) is 0 Å². The first-order valence-electron chi connectivity index (χ1n) is 8.94. The van der Waals surface area contributed by atoms with E-state index >= 15 is 0 Å². The van der Waals surface area contributed by atoms with Crippen LogP contribution in [0.5, 0.6) is 11.5 Å². The lowest BCUT2D eigenvalue weighted by Crippen LogP contribution is -2.61. The Balaban J connectivity index is 2.06. The van der Waals surface area contributed by atoms with Crippen LogP contribution < -0.4 is 26.2 Å². The molecular weight excluding hydrogens is 387 g/mol. The molecule has 1 aromatic carbocycles. The molecule has 0 bridgehead atoms. The highest BCUT2D eigenvalue weighted by molar-refractivity contribution is 6.34. The minimum absolute atomic E-state index is 0.00957. The summed E-state index contributed by atoms with van der Waals surface area (Å²) in [6, 6.07) is 2.13. The monoisotopic (exact) mass is 412 g/mol.